The molecule has 1 saturated heterocycles. The molecule has 0 bridgehead atoms. The van der Waals surface area contributed by atoms with Crippen LogP contribution in [0, 0.1) is 0 Å². The van der Waals surface area contributed by atoms with Crippen molar-refractivity contribution in [1.29, 1.82) is 0 Å². The van der Waals surface area contributed by atoms with Crippen molar-refractivity contribution in [2.45, 2.75) is 19.3 Å². The Bertz CT molecular complexity index is 607. The van der Waals surface area contributed by atoms with Crippen LogP contribution in [-0.2, 0) is 6.42 Å². The molecule has 0 atom stereocenters. The summed E-state index contributed by atoms with van der Waals surface area (Å²) in [7, 11) is 0. The van der Waals surface area contributed by atoms with Gasteiger partial charge in [0.15, 0.2) is 0 Å². The van der Waals surface area contributed by atoms with Gasteiger partial charge in [-0.25, -0.2) is 0 Å². The number of nitrogen functional groups attached to an aromatic ring is 2. The highest BCUT2D eigenvalue weighted by Gasteiger charge is 2.16. The molecule has 2 aromatic heterocycles. The van der Waals surface area contributed by atoms with Gasteiger partial charge in [0.05, 0.1) is 0 Å². The van der Waals surface area contributed by atoms with Gasteiger partial charge in [0, 0.05) is 32.1 Å². The third-order valence-corrected chi connectivity index (χ3v) is 4.06. The maximum atomic E-state index is 5.86. The molecule has 3 rings (SSSR count). The normalized spacial score (nSPS) is 14.6. The van der Waals surface area contributed by atoms with E-state index < -0.39 is 0 Å². The van der Waals surface area contributed by atoms with E-state index in [0.717, 1.165) is 30.3 Å². The number of anilines is 4. The second-order valence-corrected chi connectivity index (χ2v) is 5.98. The Labute approximate surface area is 126 Å². The molecule has 8 nitrogen and oxygen atoms in total. The molecule has 21 heavy (non-hydrogen) atoms. The minimum atomic E-state index is 0.481. The summed E-state index contributed by atoms with van der Waals surface area (Å²) in [6.45, 7) is 2.68. The molecule has 1 aliphatic rings. The van der Waals surface area contributed by atoms with Crippen LogP contribution >= 0.6 is 11.3 Å². The van der Waals surface area contributed by atoms with Crippen LogP contribution < -0.4 is 21.7 Å². The van der Waals surface area contributed by atoms with Gasteiger partial charge in [-0.1, -0.05) is 11.3 Å². The number of hydrogen-bond acceptors (Lipinski definition) is 9. The molecule has 1 fully saturated rings. The number of hydrogen-bond donors (Lipinski definition) is 3. The summed E-state index contributed by atoms with van der Waals surface area (Å²) < 4.78 is 0. The van der Waals surface area contributed by atoms with Crippen LogP contribution in [0.25, 0.3) is 0 Å². The number of nitrogens with zero attached hydrogens (tertiary/aromatic N) is 5. The lowest BCUT2D eigenvalue weighted by Crippen LogP contribution is -2.21. The molecular formula is C12H18N8S. The topological polar surface area (TPSA) is 119 Å². The van der Waals surface area contributed by atoms with Crippen LogP contribution in [0.3, 0.4) is 0 Å². The molecule has 0 saturated carbocycles. The maximum absolute atomic E-state index is 5.86. The molecular weight excluding hydrogens is 288 g/mol. The van der Waals surface area contributed by atoms with Gasteiger partial charge in [0.25, 0.3) is 0 Å². The second kappa shape index (κ2) is 6.08. The van der Waals surface area contributed by atoms with E-state index in [1.165, 1.54) is 24.2 Å². The van der Waals surface area contributed by atoms with E-state index in [2.05, 4.69) is 30.4 Å². The lowest BCUT2D eigenvalue weighted by atomic mass is 10.4. The van der Waals surface area contributed by atoms with Crippen molar-refractivity contribution in [3.63, 3.8) is 0 Å². The fourth-order valence-electron chi connectivity index (χ4n) is 2.27. The van der Waals surface area contributed by atoms with E-state index in [1.807, 2.05) is 0 Å². The van der Waals surface area contributed by atoms with Crippen LogP contribution in [-0.4, -0.2) is 39.8 Å². The quantitative estimate of drug-likeness (QED) is 0.740. The van der Waals surface area contributed by atoms with Gasteiger partial charge in [-0.05, 0) is 12.8 Å². The summed E-state index contributed by atoms with van der Waals surface area (Å²) in [5.74, 6) is 1.92. The average molecular weight is 306 g/mol. The van der Waals surface area contributed by atoms with Gasteiger partial charge in [-0.3, -0.25) is 0 Å². The number of nitrogens with one attached hydrogen (secondary N) is 1. The van der Waals surface area contributed by atoms with E-state index in [-0.39, 0.29) is 0 Å². The summed E-state index contributed by atoms with van der Waals surface area (Å²) in [6, 6.07) is 1.74. The Morgan fingerprint density at radius 1 is 1.19 bits per heavy atom. The first-order valence-corrected chi connectivity index (χ1v) is 7.73. The predicted molar refractivity (Wildman–Crippen MR) is 84.4 cm³/mol. The lowest BCUT2D eigenvalue weighted by molar-refractivity contribution is 0.893. The highest BCUT2D eigenvalue weighted by atomic mass is 32.1. The molecule has 9 heteroatoms. The third-order valence-electron chi connectivity index (χ3n) is 3.25. The molecule has 3 heterocycles. The van der Waals surface area contributed by atoms with Gasteiger partial charge >= 0.3 is 0 Å². The van der Waals surface area contributed by atoms with Gasteiger partial charge in [-0.15, -0.1) is 10.2 Å². The molecule has 112 valence electrons. The molecule has 0 spiro atoms. The Balaban J connectivity index is 1.61. The average Bonchev–Trinajstić information content (AvgIpc) is 3.10. The Kier molecular flexibility index (Phi) is 4.00. The van der Waals surface area contributed by atoms with Crippen LogP contribution in [0.5, 0.6) is 0 Å². The van der Waals surface area contributed by atoms with Crippen LogP contribution in [0.2, 0.25) is 0 Å². The summed E-state index contributed by atoms with van der Waals surface area (Å²) in [4.78, 5) is 11.0. The summed E-state index contributed by atoms with van der Waals surface area (Å²) in [5.41, 5.74) is 11.4. The fraction of sp³-hybridized carbons (Fsp3) is 0.500. The van der Waals surface area contributed by atoms with Crippen molar-refractivity contribution in [3.05, 3.63) is 11.1 Å². The van der Waals surface area contributed by atoms with Crippen molar-refractivity contribution >= 4 is 34.1 Å². The molecule has 0 amide bonds. The Morgan fingerprint density at radius 3 is 2.71 bits per heavy atom. The van der Waals surface area contributed by atoms with Crippen LogP contribution in [0.1, 0.15) is 17.8 Å². The Morgan fingerprint density at radius 2 is 2.00 bits per heavy atom. The smallest absolute Gasteiger partial charge is 0.229 e. The van der Waals surface area contributed by atoms with Crippen LogP contribution in [0.15, 0.2) is 6.07 Å². The Hall–Kier alpha value is -2.16. The zero-order chi connectivity index (χ0) is 14.7. The molecule has 0 aliphatic carbocycles. The van der Waals surface area contributed by atoms with Crippen molar-refractivity contribution in [2.75, 3.05) is 41.3 Å². The molecule has 5 N–H and O–H groups in total. The molecule has 0 aromatic carbocycles. The zero-order valence-electron chi connectivity index (χ0n) is 11.6. The largest absolute Gasteiger partial charge is 0.383 e. The standard InChI is InChI=1S/C12H18N8S/c13-8-7-9(15-4-3-10-18-19-11(14)21-10)17-12(16-8)20-5-1-2-6-20/h7H,1-6H2,(H2,14,19)(H3,13,15,16,17). The van der Waals surface area contributed by atoms with E-state index in [1.54, 1.807) is 6.07 Å². The van der Waals surface area contributed by atoms with E-state index in [0.29, 0.717) is 23.4 Å². The number of nitrogens with two attached hydrogens (primary N) is 2. The van der Waals surface area contributed by atoms with Gasteiger partial charge < -0.3 is 21.7 Å². The first-order valence-electron chi connectivity index (χ1n) is 6.92. The highest BCUT2D eigenvalue weighted by Crippen LogP contribution is 2.19. The second-order valence-electron chi connectivity index (χ2n) is 4.88. The minimum Gasteiger partial charge on any atom is -0.383 e. The highest BCUT2D eigenvalue weighted by molar-refractivity contribution is 7.15. The predicted octanol–water partition coefficient (Wildman–Crippen LogP) is 0.747. The summed E-state index contributed by atoms with van der Waals surface area (Å²) in [5, 5.41) is 12.4. The monoisotopic (exact) mass is 306 g/mol. The van der Waals surface area contributed by atoms with Crippen molar-refractivity contribution in [1.82, 2.24) is 20.2 Å². The van der Waals surface area contributed by atoms with Crippen molar-refractivity contribution < 1.29 is 0 Å². The minimum absolute atomic E-state index is 0.481. The molecule has 0 unspecified atom stereocenters. The number of aromatic nitrogens is 4. The molecule has 1 aliphatic heterocycles. The van der Waals surface area contributed by atoms with Crippen LogP contribution in [0.4, 0.5) is 22.7 Å². The van der Waals surface area contributed by atoms with E-state index in [4.69, 9.17) is 11.5 Å². The van der Waals surface area contributed by atoms with Gasteiger partial charge in [0.2, 0.25) is 11.1 Å². The zero-order valence-corrected chi connectivity index (χ0v) is 12.4. The summed E-state index contributed by atoms with van der Waals surface area (Å²) in [6.07, 6.45) is 3.11. The van der Waals surface area contributed by atoms with Gasteiger partial charge in [0.1, 0.15) is 16.6 Å². The lowest BCUT2D eigenvalue weighted by Gasteiger charge is -2.16. The molecule has 2 aromatic rings. The fourth-order valence-corrected chi connectivity index (χ4v) is 2.88. The van der Waals surface area contributed by atoms with E-state index in [9.17, 15) is 0 Å². The van der Waals surface area contributed by atoms with Crippen molar-refractivity contribution in [2.24, 2.45) is 0 Å². The summed E-state index contributed by atoms with van der Waals surface area (Å²) >= 11 is 1.40. The SMILES string of the molecule is Nc1cc(NCCc2nnc(N)s2)nc(N2CCCC2)n1. The third kappa shape index (κ3) is 3.48. The first kappa shape index (κ1) is 13.8. The maximum Gasteiger partial charge on any atom is 0.229 e. The van der Waals surface area contributed by atoms with Crippen molar-refractivity contribution in [3.8, 4) is 0 Å². The first-order chi connectivity index (χ1) is 10.2. The van der Waals surface area contributed by atoms with E-state index >= 15 is 0 Å². The number of rotatable bonds is 5. The molecule has 0 radical (unpaired) electrons. The van der Waals surface area contributed by atoms with Gasteiger partial charge in [-0.2, -0.15) is 9.97 Å².